The summed E-state index contributed by atoms with van der Waals surface area (Å²) in [6.07, 6.45) is 1.32. The van der Waals surface area contributed by atoms with Crippen LogP contribution in [0.2, 0.25) is 0 Å². The second-order valence-electron chi connectivity index (χ2n) is 7.18. The van der Waals surface area contributed by atoms with Gasteiger partial charge in [-0.05, 0) is 38.0 Å². The summed E-state index contributed by atoms with van der Waals surface area (Å²) in [7, 11) is -3.94. The summed E-state index contributed by atoms with van der Waals surface area (Å²) >= 11 is 0. The monoisotopic (exact) mass is 407 g/mol. The van der Waals surface area contributed by atoms with Gasteiger partial charge in [-0.15, -0.1) is 0 Å². The molecule has 2 fully saturated rings. The van der Waals surface area contributed by atoms with E-state index >= 15 is 0 Å². The van der Waals surface area contributed by atoms with Crippen molar-refractivity contribution in [2.24, 2.45) is 0 Å². The van der Waals surface area contributed by atoms with Gasteiger partial charge < -0.3 is 15.0 Å². The Morgan fingerprint density at radius 3 is 2.54 bits per heavy atom. The maximum Gasteiger partial charge on any atom is 0.269 e. The summed E-state index contributed by atoms with van der Waals surface area (Å²) in [6.45, 7) is 3.43. The Morgan fingerprint density at radius 2 is 1.89 bits per heavy atom. The number of fused-ring (bicyclic) bond motifs is 1. The van der Waals surface area contributed by atoms with Gasteiger partial charge in [0.2, 0.25) is 5.91 Å². The first-order chi connectivity index (χ1) is 13.3. The average Bonchev–Trinajstić information content (AvgIpc) is 3.49. The molecular weight excluding hydrogens is 386 g/mol. The predicted molar refractivity (Wildman–Crippen MR) is 97.1 cm³/mol. The highest BCUT2D eigenvalue weighted by Crippen LogP contribution is 2.39. The van der Waals surface area contributed by atoms with Crippen molar-refractivity contribution < 1.29 is 27.5 Å². The van der Waals surface area contributed by atoms with E-state index in [1.54, 1.807) is 11.8 Å². The second-order valence-corrected chi connectivity index (χ2v) is 8.96. The molecule has 28 heavy (non-hydrogen) atoms. The molecule has 1 aliphatic carbocycles. The van der Waals surface area contributed by atoms with Crippen molar-refractivity contribution in [1.82, 2.24) is 14.5 Å². The number of rotatable bonds is 4. The van der Waals surface area contributed by atoms with Gasteiger partial charge in [-0.3, -0.25) is 14.4 Å². The maximum absolute atomic E-state index is 12.7. The van der Waals surface area contributed by atoms with Crippen molar-refractivity contribution in [1.29, 1.82) is 0 Å². The number of carbonyl (C=O) groups is 3. The molecule has 150 valence electrons. The molecule has 0 aromatic heterocycles. The highest BCUT2D eigenvalue weighted by Gasteiger charge is 2.48. The van der Waals surface area contributed by atoms with Crippen LogP contribution in [0.25, 0.3) is 0 Å². The van der Waals surface area contributed by atoms with Gasteiger partial charge in [0, 0.05) is 24.7 Å². The van der Waals surface area contributed by atoms with Gasteiger partial charge in [0.1, 0.15) is 10.9 Å². The van der Waals surface area contributed by atoms with Gasteiger partial charge in [0.05, 0.1) is 18.8 Å². The molecule has 4 rings (SSSR count). The van der Waals surface area contributed by atoms with E-state index in [1.807, 2.05) is 0 Å². The number of nitrogens with one attached hydrogen (secondary N) is 1. The molecular formula is C18H21N3O6S. The van der Waals surface area contributed by atoms with Crippen LogP contribution in [0, 0.1) is 0 Å². The van der Waals surface area contributed by atoms with Gasteiger partial charge in [-0.1, -0.05) is 0 Å². The third-order valence-corrected chi connectivity index (χ3v) is 7.01. The molecule has 9 nitrogen and oxygen atoms in total. The van der Waals surface area contributed by atoms with Crippen molar-refractivity contribution >= 4 is 27.7 Å². The summed E-state index contributed by atoms with van der Waals surface area (Å²) in [6, 6.07) is 2.94. The van der Waals surface area contributed by atoms with Crippen LogP contribution in [-0.4, -0.2) is 73.7 Å². The summed E-state index contributed by atoms with van der Waals surface area (Å²) in [5, 5.41) is 2.60. The average molecular weight is 407 g/mol. The third kappa shape index (κ3) is 3.16. The predicted octanol–water partition coefficient (Wildman–Crippen LogP) is -0.0294. The first kappa shape index (κ1) is 18.9. The SMILES string of the molecule is CC(NC(=O)c1ccc2c(c1)S(=O)(=O)N(C1CC1)C2=O)C(=O)N1CCOCC1. The molecule has 3 amide bonds. The molecule has 1 aromatic rings. The molecule has 1 aromatic carbocycles. The fraction of sp³-hybridized carbons (Fsp3) is 0.500. The minimum Gasteiger partial charge on any atom is -0.378 e. The minimum absolute atomic E-state index is 0.0842. The van der Waals surface area contributed by atoms with E-state index < -0.39 is 27.9 Å². The molecule has 1 unspecified atom stereocenters. The highest BCUT2D eigenvalue weighted by atomic mass is 32.2. The van der Waals surface area contributed by atoms with Crippen molar-refractivity contribution in [3.8, 4) is 0 Å². The smallest absolute Gasteiger partial charge is 0.269 e. The molecule has 2 aliphatic heterocycles. The summed E-state index contributed by atoms with van der Waals surface area (Å²) < 4.78 is 31.5. The van der Waals surface area contributed by atoms with Crippen molar-refractivity contribution in [2.45, 2.75) is 36.7 Å². The number of nitrogens with zero attached hydrogens (tertiary/aromatic N) is 2. The normalized spacial score (nSPS) is 22.0. The van der Waals surface area contributed by atoms with Crippen LogP contribution in [0.3, 0.4) is 0 Å². The Morgan fingerprint density at radius 1 is 1.21 bits per heavy atom. The number of morpholine rings is 1. The first-order valence-electron chi connectivity index (χ1n) is 9.21. The van der Waals surface area contributed by atoms with E-state index in [0.717, 1.165) is 4.31 Å². The fourth-order valence-corrected chi connectivity index (χ4v) is 5.30. The van der Waals surface area contributed by atoms with E-state index in [-0.39, 0.29) is 28.0 Å². The first-order valence-corrected chi connectivity index (χ1v) is 10.6. The molecule has 1 saturated heterocycles. The van der Waals surface area contributed by atoms with Crippen LogP contribution in [0.1, 0.15) is 40.5 Å². The largest absolute Gasteiger partial charge is 0.378 e. The van der Waals surface area contributed by atoms with Crippen molar-refractivity contribution in [3.05, 3.63) is 29.3 Å². The number of carbonyl (C=O) groups excluding carboxylic acids is 3. The zero-order valence-corrected chi connectivity index (χ0v) is 16.2. The second kappa shape index (κ2) is 6.85. The summed E-state index contributed by atoms with van der Waals surface area (Å²) in [5.41, 5.74) is 0.176. The van der Waals surface area contributed by atoms with E-state index in [1.165, 1.54) is 18.2 Å². The standard InChI is InChI=1S/C18H21N3O6S/c1-11(17(23)20-6-8-27-9-7-20)19-16(22)12-2-5-14-15(10-12)28(25,26)21(18(14)24)13-3-4-13/h2,5,10-11,13H,3-4,6-9H2,1H3,(H,19,22). The molecule has 1 N–H and O–H groups in total. The molecule has 0 bridgehead atoms. The Balaban J connectivity index is 1.51. The Labute approximate surface area is 162 Å². The maximum atomic E-state index is 12.7. The lowest BCUT2D eigenvalue weighted by Crippen LogP contribution is -2.50. The number of ether oxygens (including phenoxy) is 1. The molecule has 10 heteroatoms. The fourth-order valence-electron chi connectivity index (χ4n) is 3.46. The van der Waals surface area contributed by atoms with Crippen LogP contribution in [0.5, 0.6) is 0 Å². The summed E-state index contributed by atoms with van der Waals surface area (Å²) in [4.78, 5) is 38.9. The highest BCUT2D eigenvalue weighted by molar-refractivity contribution is 7.90. The Hall–Kier alpha value is -2.46. The Bertz CT molecular complexity index is 950. The quantitative estimate of drug-likeness (QED) is 0.750. The molecule has 1 saturated carbocycles. The van der Waals surface area contributed by atoms with Gasteiger partial charge >= 0.3 is 0 Å². The Kier molecular flexibility index (Phi) is 4.62. The molecule has 0 radical (unpaired) electrons. The molecule has 3 aliphatic rings. The van der Waals surface area contributed by atoms with E-state index in [2.05, 4.69) is 5.32 Å². The third-order valence-electron chi connectivity index (χ3n) is 5.13. The van der Waals surface area contributed by atoms with Gasteiger partial charge in [-0.25, -0.2) is 12.7 Å². The van der Waals surface area contributed by atoms with Crippen LogP contribution in [-0.2, 0) is 19.6 Å². The van der Waals surface area contributed by atoms with Crippen LogP contribution < -0.4 is 5.32 Å². The molecule has 0 spiro atoms. The number of hydrogen-bond donors (Lipinski definition) is 1. The van der Waals surface area contributed by atoms with Crippen LogP contribution in [0.15, 0.2) is 23.1 Å². The lowest BCUT2D eigenvalue weighted by atomic mass is 10.1. The van der Waals surface area contributed by atoms with E-state index in [9.17, 15) is 22.8 Å². The lowest BCUT2D eigenvalue weighted by molar-refractivity contribution is -0.136. The van der Waals surface area contributed by atoms with Gasteiger partial charge in [0.25, 0.3) is 21.8 Å². The van der Waals surface area contributed by atoms with Crippen LogP contribution >= 0.6 is 0 Å². The summed E-state index contributed by atoms with van der Waals surface area (Å²) in [5.74, 6) is -1.33. The van der Waals surface area contributed by atoms with E-state index in [0.29, 0.717) is 39.1 Å². The topological polar surface area (TPSA) is 113 Å². The zero-order chi connectivity index (χ0) is 20.1. The molecule has 1 atom stereocenters. The van der Waals surface area contributed by atoms with E-state index in [4.69, 9.17) is 4.74 Å². The number of amides is 3. The van der Waals surface area contributed by atoms with Gasteiger partial charge in [-0.2, -0.15) is 0 Å². The number of hydrogen-bond acceptors (Lipinski definition) is 6. The van der Waals surface area contributed by atoms with Gasteiger partial charge in [0.15, 0.2) is 0 Å². The van der Waals surface area contributed by atoms with Crippen LogP contribution in [0.4, 0.5) is 0 Å². The van der Waals surface area contributed by atoms with Crippen molar-refractivity contribution in [2.75, 3.05) is 26.3 Å². The number of benzene rings is 1. The minimum atomic E-state index is -3.94. The number of sulfonamides is 1. The zero-order valence-electron chi connectivity index (χ0n) is 15.4. The molecule has 2 heterocycles. The van der Waals surface area contributed by atoms with Crippen molar-refractivity contribution in [3.63, 3.8) is 0 Å². The lowest BCUT2D eigenvalue weighted by Gasteiger charge is -2.29.